The van der Waals surface area contributed by atoms with E-state index in [4.69, 9.17) is 10.4 Å². The van der Waals surface area contributed by atoms with Gasteiger partial charge in [0, 0.05) is 6.42 Å². The molecule has 0 atom stereocenters. The highest BCUT2D eigenvalue weighted by molar-refractivity contribution is 6.47. The second kappa shape index (κ2) is 6.49. The molecule has 5 nitrogen and oxygen atoms in total. The lowest BCUT2D eigenvalue weighted by Gasteiger charge is -2.37. The van der Waals surface area contributed by atoms with Crippen LogP contribution in [-0.4, -0.2) is 34.8 Å². The van der Waals surface area contributed by atoms with Gasteiger partial charge in [0.15, 0.2) is 0 Å². The van der Waals surface area contributed by atoms with E-state index < -0.39 is 17.1 Å². The van der Waals surface area contributed by atoms with E-state index in [1.165, 1.54) is 7.48 Å². The number of aromatic hydroxyl groups is 1. The van der Waals surface area contributed by atoms with Crippen LogP contribution in [0.25, 0.3) is 0 Å². The summed E-state index contributed by atoms with van der Waals surface area (Å²) in [6.45, 7) is 6.91. The monoisotopic (exact) mass is 292 g/mol. The number of aliphatic hydroxyl groups is 1. The third kappa shape index (κ3) is 5.06. The minimum atomic E-state index is -1.02. The number of rotatable bonds is 7. The summed E-state index contributed by atoms with van der Waals surface area (Å²) < 4.78 is 5.69. The summed E-state index contributed by atoms with van der Waals surface area (Å²) in [7, 11) is 1.54. The zero-order chi connectivity index (χ0) is 16.3. The summed E-state index contributed by atoms with van der Waals surface area (Å²) in [5.41, 5.74) is 4.85. The van der Waals surface area contributed by atoms with Crippen LogP contribution in [0.2, 0.25) is 0 Å². The quantitative estimate of drug-likeness (QED) is 0.642. The number of primary amides is 1. The minimum absolute atomic E-state index is 0.119. The van der Waals surface area contributed by atoms with Gasteiger partial charge in [-0.25, -0.2) is 0 Å². The molecule has 1 aromatic rings. The molecular formula is C15H23BNO4. The number of phenolic OH excluding ortho intramolecular Hbond substituents is 1. The number of carbonyl (C=O) groups excluding carboxylic acids is 1. The van der Waals surface area contributed by atoms with Crippen molar-refractivity contribution in [1.29, 1.82) is 0 Å². The molecule has 0 aliphatic rings. The number of hydrogen-bond acceptors (Lipinski definition) is 4. The lowest BCUT2D eigenvalue weighted by Crippen LogP contribution is -2.49. The van der Waals surface area contributed by atoms with E-state index in [-0.39, 0.29) is 12.2 Å². The number of benzene rings is 1. The fourth-order valence-electron chi connectivity index (χ4n) is 1.54. The molecular weight excluding hydrogens is 269 g/mol. The molecule has 4 N–H and O–H groups in total. The average Bonchev–Trinajstić information content (AvgIpc) is 2.33. The molecule has 0 unspecified atom stereocenters. The van der Waals surface area contributed by atoms with E-state index in [0.29, 0.717) is 6.42 Å². The number of amides is 1. The predicted molar refractivity (Wildman–Crippen MR) is 82.5 cm³/mol. The van der Waals surface area contributed by atoms with E-state index >= 15 is 0 Å². The molecule has 115 valence electrons. The Labute approximate surface area is 126 Å². The topological polar surface area (TPSA) is 92.8 Å². The van der Waals surface area contributed by atoms with Crippen LogP contribution in [0.15, 0.2) is 18.2 Å². The zero-order valence-electron chi connectivity index (χ0n) is 13.0. The first-order valence-electron chi connectivity index (χ1n) is 6.86. The lowest BCUT2D eigenvalue weighted by atomic mass is 9.79. The van der Waals surface area contributed by atoms with Gasteiger partial charge < -0.3 is 20.6 Å². The highest BCUT2D eigenvalue weighted by Gasteiger charge is 2.35. The van der Waals surface area contributed by atoms with Crippen molar-refractivity contribution in [3.05, 3.63) is 23.8 Å². The van der Waals surface area contributed by atoms with Crippen molar-refractivity contribution in [1.82, 2.24) is 0 Å². The van der Waals surface area contributed by atoms with Gasteiger partial charge in [-0.3, -0.25) is 4.79 Å². The number of carbonyl (C=O) groups is 1. The fraction of sp³-hybridized carbons (Fsp3) is 0.533. The molecule has 0 bridgehead atoms. The maximum absolute atomic E-state index is 10.9. The van der Waals surface area contributed by atoms with Crippen LogP contribution in [0.4, 0.5) is 0 Å². The summed E-state index contributed by atoms with van der Waals surface area (Å²) in [6, 6.07) is 4.82. The SMILES string of the molecule is CC(C)(O)C(C)(C)O[B]c1ccc(O)cc1CCC(N)=O. The van der Waals surface area contributed by atoms with Gasteiger partial charge in [0.2, 0.25) is 5.91 Å². The van der Waals surface area contributed by atoms with Gasteiger partial charge in [-0.15, -0.1) is 0 Å². The lowest BCUT2D eigenvalue weighted by molar-refractivity contribution is -0.117. The Hall–Kier alpha value is -1.53. The zero-order valence-corrected chi connectivity index (χ0v) is 13.0. The number of aryl methyl sites for hydroxylation is 1. The smallest absolute Gasteiger partial charge is 0.331 e. The fourth-order valence-corrected chi connectivity index (χ4v) is 1.54. The Balaban J connectivity index is 2.85. The maximum Gasteiger partial charge on any atom is 0.331 e. The third-order valence-electron chi connectivity index (χ3n) is 3.72. The first kappa shape index (κ1) is 17.5. The first-order chi connectivity index (χ1) is 9.53. The number of hydrogen-bond donors (Lipinski definition) is 3. The summed E-state index contributed by atoms with van der Waals surface area (Å²) in [4.78, 5) is 10.9. The number of nitrogens with two attached hydrogens (primary N) is 1. The van der Waals surface area contributed by atoms with Crippen molar-refractivity contribution in [2.24, 2.45) is 5.73 Å². The second-order valence-electron chi connectivity index (χ2n) is 6.15. The van der Waals surface area contributed by atoms with Gasteiger partial charge in [-0.05, 0) is 51.8 Å². The van der Waals surface area contributed by atoms with E-state index in [1.807, 2.05) is 0 Å². The van der Waals surface area contributed by atoms with Crippen LogP contribution in [0.5, 0.6) is 5.75 Å². The van der Waals surface area contributed by atoms with Gasteiger partial charge in [-0.2, -0.15) is 0 Å². The maximum atomic E-state index is 10.9. The number of phenols is 1. The second-order valence-corrected chi connectivity index (χ2v) is 6.15. The Morgan fingerprint density at radius 3 is 2.48 bits per heavy atom. The molecule has 0 fully saturated rings. The van der Waals surface area contributed by atoms with Gasteiger partial charge in [0.05, 0.1) is 11.2 Å². The van der Waals surface area contributed by atoms with Crippen LogP contribution in [0.3, 0.4) is 0 Å². The summed E-state index contributed by atoms with van der Waals surface area (Å²) in [6.07, 6.45) is 0.612. The van der Waals surface area contributed by atoms with Crippen molar-refractivity contribution in [2.45, 2.75) is 51.7 Å². The first-order valence-corrected chi connectivity index (χ1v) is 6.86. The highest BCUT2D eigenvalue weighted by Crippen LogP contribution is 2.24. The molecule has 1 rings (SSSR count). The molecule has 0 saturated heterocycles. The van der Waals surface area contributed by atoms with Crippen LogP contribution >= 0.6 is 0 Å². The van der Waals surface area contributed by atoms with E-state index in [1.54, 1.807) is 45.9 Å². The summed E-state index contributed by atoms with van der Waals surface area (Å²) >= 11 is 0. The third-order valence-corrected chi connectivity index (χ3v) is 3.72. The van der Waals surface area contributed by atoms with Crippen LogP contribution in [0, 0.1) is 0 Å². The molecule has 0 spiro atoms. The normalized spacial score (nSPS) is 12.2. The molecule has 21 heavy (non-hydrogen) atoms. The Morgan fingerprint density at radius 1 is 1.33 bits per heavy atom. The van der Waals surface area contributed by atoms with Crippen molar-refractivity contribution < 1.29 is 19.7 Å². The van der Waals surface area contributed by atoms with Crippen LogP contribution < -0.4 is 11.2 Å². The molecule has 0 saturated carbocycles. The van der Waals surface area contributed by atoms with E-state index in [2.05, 4.69) is 0 Å². The molecule has 1 amide bonds. The molecule has 1 radical (unpaired) electrons. The largest absolute Gasteiger partial charge is 0.508 e. The molecule has 1 aromatic carbocycles. The Bertz CT molecular complexity index is 509. The van der Waals surface area contributed by atoms with Crippen molar-refractivity contribution in [3.63, 3.8) is 0 Å². The molecule has 0 heterocycles. The standard InChI is InChI=1S/C15H23BNO4/c1-14(2,20)15(3,4)21-16-12-7-6-11(18)9-10(12)5-8-13(17)19/h6-7,9,18,20H,5,8H2,1-4H3,(H2,17,19). The van der Waals surface area contributed by atoms with Gasteiger partial charge in [0.1, 0.15) is 5.75 Å². The Morgan fingerprint density at radius 2 is 1.95 bits per heavy atom. The molecule has 0 aliphatic heterocycles. The highest BCUT2D eigenvalue weighted by atomic mass is 16.5. The predicted octanol–water partition coefficient (Wildman–Crippen LogP) is 0.621. The summed E-state index contributed by atoms with van der Waals surface area (Å²) in [5.74, 6) is -0.282. The molecule has 0 aromatic heterocycles. The van der Waals surface area contributed by atoms with E-state index in [9.17, 15) is 15.0 Å². The van der Waals surface area contributed by atoms with Gasteiger partial charge in [0.25, 0.3) is 0 Å². The van der Waals surface area contributed by atoms with Crippen LogP contribution in [-0.2, 0) is 15.9 Å². The van der Waals surface area contributed by atoms with Crippen molar-refractivity contribution in [3.8, 4) is 5.75 Å². The Kier molecular flexibility index (Phi) is 5.42. The van der Waals surface area contributed by atoms with Crippen molar-refractivity contribution >= 4 is 18.9 Å². The molecule has 0 aliphatic carbocycles. The summed E-state index contributed by atoms with van der Waals surface area (Å²) in [5, 5.41) is 19.6. The van der Waals surface area contributed by atoms with Crippen molar-refractivity contribution in [2.75, 3.05) is 0 Å². The van der Waals surface area contributed by atoms with Crippen LogP contribution in [0.1, 0.15) is 39.7 Å². The van der Waals surface area contributed by atoms with E-state index in [0.717, 1.165) is 11.0 Å². The molecule has 6 heteroatoms. The van der Waals surface area contributed by atoms with Gasteiger partial charge >= 0.3 is 7.48 Å². The average molecular weight is 292 g/mol. The van der Waals surface area contributed by atoms with Gasteiger partial charge in [-0.1, -0.05) is 11.5 Å². The minimum Gasteiger partial charge on any atom is -0.508 e.